The summed E-state index contributed by atoms with van der Waals surface area (Å²) in [6, 6.07) is 3.95. The lowest BCUT2D eigenvalue weighted by atomic mass is 9.84. The molecule has 2 N–H and O–H groups in total. The minimum atomic E-state index is -4.89. The number of benzene rings is 1. The molecule has 38 heavy (non-hydrogen) atoms. The van der Waals surface area contributed by atoms with Crippen LogP contribution in [-0.2, 0) is 10.3 Å². The van der Waals surface area contributed by atoms with Gasteiger partial charge in [0, 0.05) is 23.6 Å². The molecule has 2 atom stereocenters. The molecule has 1 amide bonds. The Morgan fingerprint density at radius 1 is 1.24 bits per heavy atom. The molecule has 1 aromatic carbocycles. The van der Waals surface area contributed by atoms with Gasteiger partial charge in [-0.2, -0.15) is 13.2 Å². The molecule has 0 spiro atoms. The van der Waals surface area contributed by atoms with Crippen LogP contribution in [0.1, 0.15) is 18.9 Å². The number of nitrogens with one attached hydrogen (secondary N) is 1. The van der Waals surface area contributed by atoms with Gasteiger partial charge in [0.05, 0.1) is 17.9 Å². The van der Waals surface area contributed by atoms with Gasteiger partial charge in [-0.1, -0.05) is 5.16 Å². The molecule has 202 valence electrons. The van der Waals surface area contributed by atoms with E-state index in [1.165, 1.54) is 31.3 Å². The highest BCUT2D eigenvalue weighted by Crippen LogP contribution is 2.42. The standard InChI is InChI=1S/C22H17F6N5O5/c1-21(6-16(22(26,27)28)37-19(32-21)31-20(34)35)11-4-10(2-3-12(11)23)15-5-13(33-38-15)14-7-30-18(8-29-14)36-9-17(24)25/h2-5,7-8,16-17H,6,9H2,1H3,(H,31,32)(H,34,35)/t16-,21-/m0/s1. The Morgan fingerprint density at radius 3 is 2.63 bits per heavy atom. The van der Waals surface area contributed by atoms with Crippen molar-refractivity contribution >= 4 is 12.1 Å². The van der Waals surface area contributed by atoms with Crippen LogP contribution >= 0.6 is 0 Å². The highest BCUT2D eigenvalue weighted by molar-refractivity contribution is 5.90. The number of rotatable bonds is 6. The molecule has 0 bridgehead atoms. The van der Waals surface area contributed by atoms with E-state index in [0.717, 1.165) is 12.3 Å². The van der Waals surface area contributed by atoms with Gasteiger partial charge in [-0.25, -0.2) is 38.2 Å². The maximum Gasteiger partial charge on any atom is 0.425 e. The molecule has 10 nitrogen and oxygen atoms in total. The van der Waals surface area contributed by atoms with Crippen LogP contribution in [0.2, 0.25) is 0 Å². The molecular weight excluding hydrogens is 528 g/mol. The third-order valence-electron chi connectivity index (χ3n) is 5.35. The van der Waals surface area contributed by atoms with E-state index >= 15 is 0 Å². The Balaban J connectivity index is 1.64. The number of amides is 1. The van der Waals surface area contributed by atoms with Crippen molar-refractivity contribution in [2.45, 2.75) is 37.6 Å². The summed E-state index contributed by atoms with van der Waals surface area (Å²) in [6.45, 7) is 0.348. The maximum absolute atomic E-state index is 14.9. The quantitative estimate of drug-likeness (QED) is 0.424. The molecule has 0 radical (unpaired) electrons. The predicted molar refractivity (Wildman–Crippen MR) is 116 cm³/mol. The summed E-state index contributed by atoms with van der Waals surface area (Å²) < 4.78 is 94.6. The van der Waals surface area contributed by atoms with Crippen molar-refractivity contribution in [2.24, 2.45) is 4.99 Å². The highest BCUT2D eigenvalue weighted by atomic mass is 19.4. The molecule has 0 unspecified atom stereocenters. The first kappa shape index (κ1) is 26.7. The van der Waals surface area contributed by atoms with E-state index in [1.807, 2.05) is 0 Å². The maximum atomic E-state index is 14.9. The predicted octanol–water partition coefficient (Wildman–Crippen LogP) is 4.77. The van der Waals surface area contributed by atoms with E-state index in [0.29, 0.717) is 0 Å². The number of amidine groups is 1. The third-order valence-corrected chi connectivity index (χ3v) is 5.35. The van der Waals surface area contributed by atoms with Crippen LogP contribution in [0.25, 0.3) is 22.7 Å². The number of halogens is 6. The average molecular weight is 545 g/mol. The SMILES string of the molecule is C[C@@]1(c2cc(-c3cc(-c4cnc(OCC(F)F)cn4)no3)ccc2F)C[C@@H](C(F)(F)F)OC(NC(=O)O)=N1. The lowest BCUT2D eigenvalue weighted by molar-refractivity contribution is -0.208. The second kappa shape index (κ2) is 10.2. The van der Waals surface area contributed by atoms with Crippen molar-refractivity contribution in [1.82, 2.24) is 20.4 Å². The van der Waals surface area contributed by atoms with E-state index < -0.39 is 55.2 Å². The molecular formula is C22H17F6N5O5. The van der Waals surface area contributed by atoms with Gasteiger partial charge in [0.2, 0.25) is 5.88 Å². The van der Waals surface area contributed by atoms with Gasteiger partial charge in [0.25, 0.3) is 12.4 Å². The first-order valence-electron chi connectivity index (χ1n) is 10.7. The van der Waals surface area contributed by atoms with Crippen molar-refractivity contribution in [3.63, 3.8) is 0 Å². The summed E-state index contributed by atoms with van der Waals surface area (Å²) in [5.74, 6) is -0.959. The zero-order valence-corrected chi connectivity index (χ0v) is 19.2. The average Bonchev–Trinajstić information content (AvgIpc) is 3.32. The summed E-state index contributed by atoms with van der Waals surface area (Å²) in [5.41, 5.74) is -1.59. The molecule has 0 fully saturated rings. The largest absolute Gasteiger partial charge is 0.470 e. The van der Waals surface area contributed by atoms with E-state index in [9.17, 15) is 31.1 Å². The van der Waals surface area contributed by atoms with Crippen molar-refractivity contribution in [2.75, 3.05) is 6.61 Å². The number of ether oxygens (including phenoxy) is 2. The number of nitrogens with zero attached hydrogens (tertiary/aromatic N) is 4. The van der Waals surface area contributed by atoms with Crippen LogP contribution in [0.3, 0.4) is 0 Å². The highest BCUT2D eigenvalue weighted by Gasteiger charge is 2.50. The summed E-state index contributed by atoms with van der Waals surface area (Å²) >= 11 is 0. The van der Waals surface area contributed by atoms with Gasteiger partial charge >= 0.3 is 12.3 Å². The van der Waals surface area contributed by atoms with Crippen LogP contribution in [0, 0.1) is 5.82 Å². The monoisotopic (exact) mass is 545 g/mol. The minimum Gasteiger partial charge on any atom is -0.470 e. The Morgan fingerprint density at radius 2 is 2.00 bits per heavy atom. The van der Waals surface area contributed by atoms with Gasteiger partial charge in [-0.3, -0.25) is 0 Å². The molecule has 16 heteroatoms. The lowest BCUT2D eigenvalue weighted by Crippen LogP contribution is -2.48. The Labute approximate surface area is 209 Å². The molecule has 0 aliphatic carbocycles. The third kappa shape index (κ3) is 5.95. The second-order valence-electron chi connectivity index (χ2n) is 8.19. The van der Waals surface area contributed by atoms with Gasteiger partial charge in [-0.05, 0) is 25.1 Å². The Hall–Kier alpha value is -4.37. The van der Waals surface area contributed by atoms with E-state index in [-0.39, 0.29) is 34.2 Å². The molecule has 1 aliphatic heterocycles. The number of aromatic nitrogens is 3. The van der Waals surface area contributed by atoms with Crippen molar-refractivity contribution in [3.05, 3.63) is 48.0 Å². The topological polar surface area (TPSA) is 132 Å². The van der Waals surface area contributed by atoms with Crippen molar-refractivity contribution < 1.29 is 50.2 Å². The number of carboxylic acid groups (broad SMARTS) is 1. The Bertz CT molecular complexity index is 1350. The van der Waals surface area contributed by atoms with E-state index in [2.05, 4.69) is 24.9 Å². The molecule has 0 saturated heterocycles. The fourth-order valence-electron chi connectivity index (χ4n) is 3.63. The zero-order valence-electron chi connectivity index (χ0n) is 19.2. The van der Waals surface area contributed by atoms with Crippen LogP contribution in [-0.4, -0.2) is 57.7 Å². The smallest absolute Gasteiger partial charge is 0.425 e. The summed E-state index contributed by atoms with van der Waals surface area (Å²) in [4.78, 5) is 22.7. The fraction of sp³-hybridized carbons (Fsp3) is 0.318. The fourth-order valence-corrected chi connectivity index (χ4v) is 3.63. The normalized spacial score (nSPS) is 19.6. The number of carbonyl (C=O) groups is 1. The minimum absolute atomic E-state index is 0.0805. The first-order chi connectivity index (χ1) is 17.8. The molecule has 3 aromatic rings. The zero-order chi connectivity index (χ0) is 27.7. The molecule has 2 aromatic heterocycles. The Kier molecular flexibility index (Phi) is 7.15. The summed E-state index contributed by atoms with van der Waals surface area (Å²) in [5, 5.41) is 14.4. The first-order valence-corrected chi connectivity index (χ1v) is 10.7. The van der Waals surface area contributed by atoms with Gasteiger partial charge < -0.3 is 19.1 Å². The van der Waals surface area contributed by atoms with Crippen LogP contribution in [0.5, 0.6) is 5.88 Å². The molecule has 1 aliphatic rings. The van der Waals surface area contributed by atoms with Crippen LogP contribution < -0.4 is 10.1 Å². The molecule has 3 heterocycles. The number of hydrogen-bond acceptors (Lipinski definition) is 8. The van der Waals surface area contributed by atoms with Crippen LogP contribution in [0.4, 0.5) is 31.1 Å². The second-order valence-corrected chi connectivity index (χ2v) is 8.19. The van der Waals surface area contributed by atoms with E-state index in [4.69, 9.17) is 14.4 Å². The van der Waals surface area contributed by atoms with Crippen LogP contribution in [0.15, 0.2) is 46.2 Å². The lowest BCUT2D eigenvalue weighted by Gasteiger charge is -2.36. The molecule has 4 rings (SSSR count). The summed E-state index contributed by atoms with van der Waals surface area (Å²) in [6.07, 6.45) is -10.3. The van der Waals surface area contributed by atoms with Gasteiger partial charge in [-0.15, -0.1) is 0 Å². The number of aliphatic imine (C=N–C) groups is 1. The van der Waals surface area contributed by atoms with Gasteiger partial charge in [0.15, 0.2) is 18.5 Å². The van der Waals surface area contributed by atoms with Crippen molar-refractivity contribution in [3.8, 4) is 28.6 Å². The van der Waals surface area contributed by atoms with Gasteiger partial charge in [0.1, 0.15) is 17.2 Å². The van der Waals surface area contributed by atoms with Crippen molar-refractivity contribution in [1.29, 1.82) is 0 Å². The number of alkyl halides is 5. The molecule has 0 saturated carbocycles. The van der Waals surface area contributed by atoms with E-state index in [1.54, 1.807) is 5.32 Å². The summed E-state index contributed by atoms with van der Waals surface area (Å²) in [7, 11) is 0. The number of hydrogen-bond donors (Lipinski definition) is 2.